The van der Waals surface area contributed by atoms with Crippen molar-refractivity contribution in [2.24, 2.45) is 5.92 Å². The lowest BCUT2D eigenvalue weighted by Crippen LogP contribution is -2.49. The number of aromatic amines is 1. The van der Waals surface area contributed by atoms with Gasteiger partial charge in [-0.1, -0.05) is 19.9 Å². The summed E-state index contributed by atoms with van der Waals surface area (Å²) in [6.07, 6.45) is 1.05. The Bertz CT molecular complexity index is 836. The summed E-state index contributed by atoms with van der Waals surface area (Å²) in [6, 6.07) is 7.31. The molecule has 6 nitrogen and oxygen atoms in total. The predicted molar refractivity (Wildman–Crippen MR) is 90.1 cm³/mol. The number of hydrogen-bond acceptors (Lipinski definition) is 3. The minimum Gasteiger partial charge on any atom is -0.336 e. The van der Waals surface area contributed by atoms with Crippen molar-refractivity contribution in [1.29, 1.82) is 0 Å². The maximum absolute atomic E-state index is 12.8. The van der Waals surface area contributed by atoms with Crippen LogP contribution in [0.15, 0.2) is 29.1 Å². The zero-order valence-corrected chi connectivity index (χ0v) is 14.0. The Morgan fingerprint density at radius 3 is 2.88 bits per heavy atom. The molecule has 1 saturated heterocycles. The summed E-state index contributed by atoms with van der Waals surface area (Å²) >= 11 is 0. The third-order valence-electron chi connectivity index (χ3n) is 5.21. The number of likely N-dealkylation sites (tertiary alicyclic amines) is 1. The van der Waals surface area contributed by atoms with Crippen molar-refractivity contribution in [3.63, 3.8) is 0 Å². The average Bonchev–Trinajstić information content (AvgIpc) is 3.05. The van der Waals surface area contributed by atoms with E-state index in [4.69, 9.17) is 0 Å². The third kappa shape index (κ3) is 2.46. The molecule has 1 amide bonds. The lowest BCUT2D eigenvalue weighted by atomic mass is 9.83. The molecule has 4 heterocycles. The fraction of sp³-hybridized carbons (Fsp3) is 0.500. The van der Waals surface area contributed by atoms with E-state index in [1.54, 1.807) is 6.07 Å². The summed E-state index contributed by atoms with van der Waals surface area (Å²) < 4.78 is 1.88. The van der Waals surface area contributed by atoms with Gasteiger partial charge in [-0.25, -0.2) is 0 Å². The summed E-state index contributed by atoms with van der Waals surface area (Å²) in [4.78, 5) is 26.8. The molecular formula is C18H22N4O2. The molecule has 2 aromatic rings. The van der Waals surface area contributed by atoms with Gasteiger partial charge in [-0.3, -0.25) is 14.7 Å². The Kier molecular flexibility index (Phi) is 3.55. The molecule has 126 valence electrons. The largest absolute Gasteiger partial charge is 0.336 e. The van der Waals surface area contributed by atoms with Gasteiger partial charge in [-0.15, -0.1) is 0 Å². The van der Waals surface area contributed by atoms with Crippen LogP contribution in [0.1, 0.15) is 54.0 Å². The molecule has 2 aliphatic heterocycles. The summed E-state index contributed by atoms with van der Waals surface area (Å²) in [5, 5.41) is 7.15. The van der Waals surface area contributed by atoms with E-state index in [0.717, 1.165) is 17.8 Å². The fourth-order valence-corrected chi connectivity index (χ4v) is 3.97. The van der Waals surface area contributed by atoms with E-state index in [9.17, 15) is 9.59 Å². The van der Waals surface area contributed by atoms with Crippen molar-refractivity contribution in [3.05, 3.63) is 51.7 Å². The number of fused-ring (bicyclic) bond motifs is 4. The molecule has 2 atom stereocenters. The topological polar surface area (TPSA) is 71.0 Å². The Morgan fingerprint density at radius 1 is 1.29 bits per heavy atom. The number of piperidine rings is 1. The first kappa shape index (κ1) is 15.2. The number of hydrogen-bond donors (Lipinski definition) is 1. The van der Waals surface area contributed by atoms with Gasteiger partial charge < -0.3 is 9.47 Å². The number of aromatic nitrogens is 3. The van der Waals surface area contributed by atoms with E-state index in [1.165, 1.54) is 0 Å². The van der Waals surface area contributed by atoms with Gasteiger partial charge in [0.1, 0.15) is 5.69 Å². The molecule has 0 aromatic carbocycles. The highest BCUT2D eigenvalue weighted by atomic mass is 16.2. The van der Waals surface area contributed by atoms with Gasteiger partial charge in [0.15, 0.2) is 0 Å². The number of pyridine rings is 1. The molecule has 2 aromatic heterocycles. The minimum atomic E-state index is -0.0143. The first-order valence-corrected chi connectivity index (χ1v) is 8.57. The summed E-state index contributed by atoms with van der Waals surface area (Å²) in [5.74, 6) is 0.876. The van der Waals surface area contributed by atoms with Crippen molar-refractivity contribution in [3.8, 4) is 0 Å². The van der Waals surface area contributed by atoms with Crippen molar-refractivity contribution in [2.45, 2.75) is 38.6 Å². The molecule has 24 heavy (non-hydrogen) atoms. The third-order valence-corrected chi connectivity index (χ3v) is 5.21. The number of H-pyrrole nitrogens is 1. The highest BCUT2D eigenvalue weighted by Gasteiger charge is 2.36. The van der Waals surface area contributed by atoms with Crippen molar-refractivity contribution in [2.75, 3.05) is 13.1 Å². The first-order chi connectivity index (χ1) is 11.5. The standard InChI is InChI=1S/C18H22N4O2/c1-11(2)14-7-15(20-19-14)18(24)21-8-12-6-13(10-21)16-4-3-5-17(23)22(16)9-12/h3-5,7,11-13H,6,8-10H2,1-2H3,(H,19,20). The van der Waals surface area contributed by atoms with Gasteiger partial charge in [0, 0.05) is 43.0 Å². The number of nitrogens with zero attached hydrogens (tertiary/aromatic N) is 3. The van der Waals surface area contributed by atoms with E-state index >= 15 is 0 Å². The van der Waals surface area contributed by atoms with Gasteiger partial charge >= 0.3 is 0 Å². The van der Waals surface area contributed by atoms with Crippen molar-refractivity contribution < 1.29 is 4.79 Å². The minimum absolute atomic E-state index is 0.0143. The molecule has 1 N–H and O–H groups in total. The number of amides is 1. The summed E-state index contributed by atoms with van der Waals surface area (Å²) in [5.41, 5.74) is 2.59. The van der Waals surface area contributed by atoms with E-state index < -0.39 is 0 Å². The van der Waals surface area contributed by atoms with Gasteiger partial charge in [0.05, 0.1) is 0 Å². The Labute approximate surface area is 140 Å². The quantitative estimate of drug-likeness (QED) is 0.917. The van der Waals surface area contributed by atoms with Gasteiger partial charge in [0.2, 0.25) is 0 Å². The molecular weight excluding hydrogens is 304 g/mol. The lowest BCUT2D eigenvalue weighted by molar-refractivity contribution is 0.0588. The monoisotopic (exact) mass is 326 g/mol. The molecule has 2 bridgehead atoms. The van der Waals surface area contributed by atoms with Crippen LogP contribution in [0.2, 0.25) is 0 Å². The molecule has 2 unspecified atom stereocenters. The van der Waals surface area contributed by atoms with E-state index in [1.807, 2.05) is 27.7 Å². The van der Waals surface area contributed by atoms with Gasteiger partial charge in [-0.05, 0) is 30.4 Å². The van der Waals surface area contributed by atoms with Crippen LogP contribution in [0.4, 0.5) is 0 Å². The smallest absolute Gasteiger partial charge is 0.274 e. The SMILES string of the molecule is CC(C)c1cc(C(=O)N2CC3CC(C2)c2cccc(=O)n2C3)n[nH]1. The summed E-state index contributed by atoms with van der Waals surface area (Å²) in [7, 11) is 0. The van der Waals surface area contributed by atoms with Crippen molar-refractivity contribution >= 4 is 5.91 Å². The van der Waals surface area contributed by atoms with Crippen LogP contribution in [-0.2, 0) is 6.54 Å². The number of nitrogens with one attached hydrogen (secondary N) is 1. The van der Waals surface area contributed by atoms with Gasteiger partial charge in [-0.2, -0.15) is 5.10 Å². The highest BCUT2D eigenvalue weighted by molar-refractivity contribution is 5.92. The fourth-order valence-electron chi connectivity index (χ4n) is 3.97. The van der Waals surface area contributed by atoms with Crippen LogP contribution in [0.3, 0.4) is 0 Å². The Morgan fingerprint density at radius 2 is 2.12 bits per heavy atom. The summed E-state index contributed by atoms with van der Waals surface area (Å²) in [6.45, 7) is 6.19. The Balaban J connectivity index is 1.59. The molecule has 1 fully saturated rings. The molecule has 0 radical (unpaired) electrons. The van der Waals surface area contributed by atoms with Gasteiger partial charge in [0.25, 0.3) is 11.5 Å². The van der Waals surface area contributed by atoms with E-state index in [-0.39, 0.29) is 17.4 Å². The molecule has 0 aliphatic carbocycles. The van der Waals surface area contributed by atoms with E-state index in [2.05, 4.69) is 24.0 Å². The molecule has 0 spiro atoms. The zero-order chi connectivity index (χ0) is 16.8. The number of carbonyl (C=O) groups excluding carboxylic acids is 1. The first-order valence-electron chi connectivity index (χ1n) is 8.57. The second kappa shape index (κ2) is 5.61. The molecule has 4 rings (SSSR count). The average molecular weight is 326 g/mol. The van der Waals surface area contributed by atoms with Crippen LogP contribution in [0.25, 0.3) is 0 Å². The second-order valence-corrected chi connectivity index (χ2v) is 7.27. The molecule has 6 heteroatoms. The van der Waals surface area contributed by atoms with Crippen LogP contribution in [-0.4, -0.2) is 38.7 Å². The van der Waals surface area contributed by atoms with E-state index in [0.29, 0.717) is 37.2 Å². The maximum atomic E-state index is 12.8. The maximum Gasteiger partial charge on any atom is 0.274 e. The molecule has 2 aliphatic rings. The zero-order valence-electron chi connectivity index (χ0n) is 14.0. The number of rotatable bonds is 2. The second-order valence-electron chi connectivity index (χ2n) is 7.27. The van der Waals surface area contributed by atoms with Crippen LogP contribution in [0.5, 0.6) is 0 Å². The normalized spacial score (nSPS) is 22.5. The predicted octanol–water partition coefficient (Wildman–Crippen LogP) is 1.95. The number of carbonyl (C=O) groups is 1. The van der Waals surface area contributed by atoms with Crippen LogP contribution in [0, 0.1) is 5.92 Å². The Hall–Kier alpha value is -2.37. The lowest BCUT2D eigenvalue weighted by Gasteiger charge is -2.42. The van der Waals surface area contributed by atoms with Crippen LogP contribution >= 0.6 is 0 Å². The molecule has 0 saturated carbocycles. The van der Waals surface area contributed by atoms with Crippen LogP contribution < -0.4 is 5.56 Å². The highest BCUT2D eigenvalue weighted by Crippen LogP contribution is 2.35. The van der Waals surface area contributed by atoms with Crippen molar-refractivity contribution in [1.82, 2.24) is 19.7 Å².